The second-order valence-corrected chi connectivity index (χ2v) is 24.4. The predicted molar refractivity (Wildman–Crippen MR) is 239 cm³/mol. The summed E-state index contributed by atoms with van der Waals surface area (Å²) in [5, 5.41) is 3.00. The average molecular weight is 738 g/mol. The molecule has 5 heteroatoms. The first-order chi connectivity index (χ1) is 26.4. The molecule has 0 radical (unpaired) electrons. The Bertz CT molecular complexity index is 2420. The van der Waals surface area contributed by atoms with Crippen LogP contribution < -0.4 is 41.5 Å². The Morgan fingerprint density at radius 3 is 2.09 bits per heavy atom. The number of hydrogen-bond donors (Lipinski definition) is 0. The highest BCUT2D eigenvalue weighted by molar-refractivity contribution is 7.01. The molecule has 0 spiro atoms. The second-order valence-electron chi connectivity index (χ2n) is 20.0. The molecule has 0 saturated heterocycles. The van der Waals surface area contributed by atoms with Crippen molar-refractivity contribution in [2.45, 2.75) is 128 Å². The minimum absolute atomic E-state index is 0.0107. The summed E-state index contributed by atoms with van der Waals surface area (Å²) in [6, 6.07) is 40.2. The third-order valence-corrected chi connectivity index (χ3v) is 19.2. The first-order valence-corrected chi connectivity index (χ1v) is 24.5. The van der Waals surface area contributed by atoms with Crippen molar-refractivity contribution >= 4 is 81.4 Å². The van der Waals surface area contributed by atoms with Crippen molar-refractivity contribution < 1.29 is 0 Å². The van der Waals surface area contributed by atoms with Crippen molar-refractivity contribution in [2.75, 3.05) is 14.7 Å². The van der Waals surface area contributed by atoms with Gasteiger partial charge < -0.3 is 14.7 Å². The van der Waals surface area contributed by atoms with E-state index in [1.54, 1.807) is 5.56 Å². The standard InChI is InChI=1S/C50H56BN3Si/c1-48(2,3)33-28-44-46-45(29-33)54-47-40(49(4)26-11-12-27-50(49,54)5)22-15-23-42(47)51(46)41-25-24-37-32-43(41)53(44)36-19-14-21-39(31-36)55(6,7)38-20-13-18-35(30-38)52(37)34-16-9-8-10-17-34/h13-15,18-25,28-32,34H,8-12,16-17,26-27H2,1-7H3. The zero-order valence-corrected chi connectivity index (χ0v) is 35.1. The zero-order chi connectivity index (χ0) is 37.6. The molecule has 2 atom stereocenters. The molecule has 3 nitrogen and oxygen atoms in total. The van der Waals surface area contributed by atoms with Crippen molar-refractivity contribution in [3.05, 3.63) is 108 Å². The molecule has 2 fully saturated rings. The molecule has 2 aliphatic carbocycles. The summed E-state index contributed by atoms with van der Waals surface area (Å²) in [4.78, 5) is 8.35. The lowest BCUT2D eigenvalue weighted by molar-refractivity contribution is 0.195. The Hall–Kier alpha value is -4.22. The van der Waals surface area contributed by atoms with Gasteiger partial charge in [-0.3, -0.25) is 0 Å². The molecule has 4 heterocycles. The molecule has 4 aliphatic heterocycles. The van der Waals surface area contributed by atoms with Gasteiger partial charge in [-0.05, 0) is 114 Å². The van der Waals surface area contributed by atoms with Crippen LogP contribution in [-0.2, 0) is 10.8 Å². The highest BCUT2D eigenvalue weighted by Crippen LogP contribution is 2.62. The molecule has 55 heavy (non-hydrogen) atoms. The number of rotatable bonds is 1. The van der Waals surface area contributed by atoms with Crippen LogP contribution in [0.4, 0.5) is 39.8 Å². The quantitative estimate of drug-likeness (QED) is 0.156. The fourth-order valence-corrected chi connectivity index (χ4v) is 14.7. The van der Waals surface area contributed by atoms with E-state index in [0.717, 1.165) is 0 Å². The maximum absolute atomic E-state index is 2.89. The SMILES string of the molecule is CC(C)(C)c1cc2c3c(c1)N1c4c(cccc4C4(C)CCCCC14C)B3c1ccc3cc1N2c1cccc(c1)[Si](C)(C)c1cccc(c1)N3C1CCCCC1. The molecule has 5 aromatic rings. The average Bonchev–Trinajstić information content (AvgIpc) is 3.40. The molecule has 11 rings (SSSR count). The van der Waals surface area contributed by atoms with Gasteiger partial charge in [-0.1, -0.05) is 132 Å². The number of benzene rings is 5. The molecule has 6 aliphatic rings. The Labute approximate surface area is 330 Å². The van der Waals surface area contributed by atoms with E-state index in [1.165, 1.54) is 130 Å². The fourth-order valence-electron chi connectivity index (χ4n) is 12.3. The first-order valence-electron chi connectivity index (χ1n) is 21.5. The van der Waals surface area contributed by atoms with Crippen LogP contribution >= 0.6 is 0 Å². The lowest BCUT2D eigenvalue weighted by Crippen LogP contribution is -2.64. The minimum Gasteiger partial charge on any atom is -0.338 e. The van der Waals surface area contributed by atoms with Crippen LogP contribution in [0.5, 0.6) is 0 Å². The molecule has 2 saturated carbocycles. The van der Waals surface area contributed by atoms with Crippen molar-refractivity contribution in [2.24, 2.45) is 0 Å². The van der Waals surface area contributed by atoms with E-state index in [-0.39, 0.29) is 23.1 Å². The largest absolute Gasteiger partial charge is 0.338 e. The van der Waals surface area contributed by atoms with Gasteiger partial charge in [0.1, 0.15) is 8.07 Å². The van der Waals surface area contributed by atoms with Crippen molar-refractivity contribution in [3.63, 3.8) is 0 Å². The van der Waals surface area contributed by atoms with Crippen molar-refractivity contribution in [1.82, 2.24) is 0 Å². The van der Waals surface area contributed by atoms with Crippen LogP contribution in [0, 0.1) is 0 Å². The van der Waals surface area contributed by atoms with Gasteiger partial charge >= 0.3 is 0 Å². The molecular weight excluding hydrogens is 681 g/mol. The highest BCUT2D eigenvalue weighted by Gasteiger charge is 2.61. The number of hydrogen-bond acceptors (Lipinski definition) is 3. The van der Waals surface area contributed by atoms with E-state index in [1.807, 2.05) is 0 Å². The van der Waals surface area contributed by atoms with Crippen LogP contribution in [0.25, 0.3) is 0 Å². The Morgan fingerprint density at radius 1 is 0.655 bits per heavy atom. The Balaban J connectivity index is 1.26. The van der Waals surface area contributed by atoms with Gasteiger partial charge in [0.05, 0.1) is 5.54 Å². The number of para-hydroxylation sites is 1. The van der Waals surface area contributed by atoms with Gasteiger partial charge in [0.25, 0.3) is 6.71 Å². The maximum atomic E-state index is 2.89. The number of nitrogens with zero attached hydrogens (tertiary/aromatic N) is 3. The predicted octanol–water partition coefficient (Wildman–Crippen LogP) is 9.95. The second kappa shape index (κ2) is 11.4. The number of anilines is 7. The summed E-state index contributed by atoms with van der Waals surface area (Å²) in [6.45, 7) is 17.7. The third kappa shape index (κ3) is 4.51. The molecule has 278 valence electrons. The summed E-state index contributed by atoms with van der Waals surface area (Å²) >= 11 is 0. The molecule has 2 unspecified atom stereocenters. The molecule has 5 aromatic carbocycles. The Kier molecular flexibility index (Phi) is 7.08. The summed E-state index contributed by atoms with van der Waals surface area (Å²) in [5.74, 6) is 0. The lowest BCUT2D eigenvalue weighted by atomic mass is 9.33. The fraction of sp³-hybridized carbons (Fsp3) is 0.400. The molecule has 0 amide bonds. The van der Waals surface area contributed by atoms with Crippen LogP contribution in [0.15, 0.2) is 97.1 Å². The first kappa shape index (κ1) is 34.1. The molecular formula is C50H56BN3Si. The van der Waals surface area contributed by atoms with E-state index in [4.69, 9.17) is 0 Å². The highest BCUT2D eigenvalue weighted by atomic mass is 28.3. The van der Waals surface area contributed by atoms with Crippen LogP contribution in [0.2, 0.25) is 13.1 Å². The topological polar surface area (TPSA) is 9.72 Å². The molecule has 6 bridgehead atoms. The lowest BCUT2D eigenvalue weighted by Gasteiger charge is -2.53. The van der Waals surface area contributed by atoms with Gasteiger partial charge in [-0.15, -0.1) is 0 Å². The monoisotopic (exact) mass is 737 g/mol. The van der Waals surface area contributed by atoms with E-state index in [2.05, 4.69) is 159 Å². The van der Waals surface area contributed by atoms with Gasteiger partial charge in [0.2, 0.25) is 0 Å². The molecule has 0 aromatic heterocycles. The van der Waals surface area contributed by atoms with E-state index in [9.17, 15) is 0 Å². The summed E-state index contributed by atoms with van der Waals surface area (Å²) in [7, 11) is -2.06. The van der Waals surface area contributed by atoms with Crippen LogP contribution in [0.3, 0.4) is 0 Å². The van der Waals surface area contributed by atoms with Crippen molar-refractivity contribution in [1.29, 1.82) is 0 Å². The zero-order valence-electron chi connectivity index (χ0n) is 34.1. The van der Waals surface area contributed by atoms with E-state index < -0.39 is 8.07 Å². The van der Waals surface area contributed by atoms with E-state index >= 15 is 0 Å². The van der Waals surface area contributed by atoms with Gasteiger partial charge in [0, 0.05) is 51.3 Å². The van der Waals surface area contributed by atoms with Gasteiger partial charge in [-0.25, -0.2) is 0 Å². The van der Waals surface area contributed by atoms with Gasteiger partial charge in [0.15, 0.2) is 0 Å². The molecule has 0 N–H and O–H groups in total. The normalized spacial score (nSPS) is 24.4. The minimum atomic E-state index is -2.06. The van der Waals surface area contributed by atoms with E-state index in [0.29, 0.717) is 6.04 Å². The summed E-state index contributed by atoms with van der Waals surface area (Å²) in [5.41, 5.74) is 17.2. The van der Waals surface area contributed by atoms with Crippen molar-refractivity contribution in [3.8, 4) is 0 Å². The smallest absolute Gasteiger partial charge is 0.252 e. The van der Waals surface area contributed by atoms with Crippen LogP contribution in [-0.4, -0.2) is 26.4 Å². The summed E-state index contributed by atoms with van der Waals surface area (Å²) < 4.78 is 0. The van der Waals surface area contributed by atoms with Crippen LogP contribution in [0.1, 0.15) is 104 Å². The summed E-state index contributed by atoms with van der Waals surface area (Å²) in [6.07, 6.45) is 11.5. The maximum Gasteiger partial charge on any atom is 0.252 e. The third-order valence-electron chi connectivity index (χ3n) is 15.7. The van der Waals surface area contributed by atoms with Gasteiger partial charge in [-0.2, -0.15) is 0 Å². The number of fused-ring (bicyclic) bond motifs is 13. The Morgan fingerprint density at radius 2 is 1.33 bits per heavy atom.